The molecule has 0 radical (unpaired) electrons. The van der Waals surface area contributed by atoms with Gasteiger partial charge in [-0.3, -0.25) is 4.79 Å². The number of carboxylic acids is 1. The zero-order valence-corrected chi connectivity index (χ0v) is 11.2. The minimum atomic E-state index is -0.703. The highest BCUT2D eigenvalue weighted by atomic mass is 16.5. The van der Waals surface area contributed by atoms with E-state index in [4.69, 9.17) is 4.74 Å². The van der Waals surface area contributed by atoms with Gasteiger partial charge in [0.15, 0.2) is 0 Å². The summed E-state index contributed by atoms with van der Waals surface area (Å²) in [7, 11) is 1.63. The molecule has 98 valence electrons. The van der Waals surface area contributed by atoms with Crippen LogP contribution in [-0.4, -0.2) is 18.2 Å². The molecule has 0 saturated heterocycles. The predicted octanol–water partition coefficient (Wildman–Crippen LogP) is 3.21. The van der Waals surface area contributed by atoms with Crippen LogP contribution in [0, 0.1) is 13.8 Å². The van der Waals surface area contributed by atoms with Crippen molar-refractivity contribution in [2.45, 2.75) is 44.9 Å². The quantitative estimate of drug-likeness (QED) is 0.893. The molecule has 0 atom stereocenters. The molecule has 0 aliphatic heterocycles. The maximum atomic E-state index is 11.7. The number of benzene rings is 1. The zero-order valence-electron chi connectivity index (χ0n) is 11.2. The number of carboxylic acid groups (broad SMARTS) is 1. The summed E-state index contributed by atoms with van der Waals surface area (Å²) in [5.41, 5.74) is 2.37. The molecule has 0 bridgehead atoms. The molecular weight excluding hydrogens is 228 g/mol. The van der Waals surface area contributed by atoms with Crippen molar-refractivity contribution in [1.82, 2.24) is 0 Å². The standard InChI is InChI=1S/C15H20O3/c1-10-8-12(9-13(18-3)11(10)2)15(14(16)17)6-4-5-7-15/h8-9H,4-7H2,1-3H3,(H,16,17). The Kier molecular flexibility index (Phi) is 3.33. The molecule has 0 unspecified atom stereocenters. The van der Waals surface area contributed by atoms with E-state index >= 15 is 0 Å². The van der Waals surface area contributed by atoms with Gasteiger partial charge in [-0.15, -0.1) is 0 Å². The highest BCUT2D eigenvalue weighted by Crippen LogP contribution is 2.43. The highest BCUT2D eigenvalue weighted by Gasteiger charge is 2.43. The Morgan fingerprint density at radius 3 is 2.39 bits per heavy atom. The van der Waals surface area contributed by atoms with Gasteiger partial charge in [-0.1, -0.05) is 18.9 Å². The number of aryl methyl sites for hydroxylation is 1. The first kappa shape index (κ1) is 12.9. The minimum absolute atomic E-state index is 0.703. The van der Waals surface area contributed by atoms with Crippen LogP contribution in [0.1, 0.15) is 42.4 Å². The van der Waals surface area contributed by atoms with Gasteiger partial charge in [-0.2, -0.15) is 0 Å². The van der Waals surface area contributed by atoms with Crippen LogP contribution in [0.25, 0.3) is 0 Å². The van der Waals surface area contributed by atoms with Gasteiger partial charge in [0.2, 0.25) is 0 Å². The monoisotopic (exact) mass is 248 g/mol. The second-order valence-electron chi connectivity index (χ2n) is 5.21. The fourth-order valence-corrected chi connectivity index (χ4v) is 2.92. The lowest BCUT2D eigenvalue weighted by atomic mass is 9.78. The number of aliphatic carboxylic acids is 1. The summed E-state index contributed by atoms with van der Waals surface area (Å²) in [6.45, 7) is 4.01. The zero-order chi connectivity index (χ0) is 13.3. The molecule has 3 heteroatoms. The molecule has 18 heavy (non-hydrogen) atoms. The Bertz CT molecular complexity index is 471. The van der Waals surface area contributed by atoms with Crippen LogP contribution in [0.3, 0.4) is 0 Å². The third-order valence-electron chi connectivity index (χ3n) is 4.26. The van der Waals surface area contributed by atoms with E-state index in [-0.39, 0.29) is 0 Å². The van der Waals surface area contributed by atoms with E-state index < -0.39 is 11.4 Å². The topological polar surface area (TPSA) is 46.5 Å². The average molecular weight is 248 g/mol. The lowest BCUT2D eigenvalue weighted by Crippen LogP contribution is -2.32. The summed E-state index contributed by atoms with van der Waals surface area (Å²) < 4.78 is 5.36. The van der Waals surface area contributed by atoms with Gasteiger partial charge in [0.1, 0.15) is 5.75 Å². The molecule has 3 nitrogen and oxygen atoms in total. The van der Waals surface area contributed by atoms with Gasteiger partial charge in [-0.05, 0) is 49.4 Å². The summed E-state index contributed by atoms with van der Waals surface area (Å²) >= 11 is 0. The minimum Gasteiger partial charge on any atom is -0.496 e. The molecule has 0 aromatic heterocycles. The van der Waals surface area contributed by atoms with Crippen molar-refractivity contribution >= 4 is 5.97 Å². The third-order valence-corrected chi connectivity index (χ3v) is 4.26. The van der Waals surface area contributed by atoms with Gasteiger partial charge in [0, 0.05) is 0 Å². The second kappa shape index (κ2) is 4.63. The van der Waals surface area contributed by atoms with E-state index in [0.717, 1.165) is 48.1 Å². The lowest BCUT2D eigenvalue weighted by Gasteiger charge is -2.26. The first-order valence-corrected chi connectivity index (χ1v) is 6.40. The molecule has 0 amide bonds. The SMILES string of the molecule is COc1cc(C2(C(=O)O)CCCC2)cc(C)c1C. The van der Waals surface area contributed by atoms with Gasteiger partial charge in [-0.25, -0.2) is 0 Å². The molecule has 0 spiro atoms. The molecule has 1 N–H and O–H groups in total. The third kappa shape index (κ3) is 1.88. The van der Waals surface area contributed by atoms with Crippen LogP contribution in [0.5, 0.6) is 5.75 Å². The fourth-order valence-electron chi connectivity index (χ4n) is 2.92. The average Bonchev–Trinajstić information content (AvgIpc) is 2.83. The first-order chi connectivity index (χ1) is 8.51. The number of ether oxygens (including phenoxy) is 1. The van der Waals surface area contributed by atoms with Crippen LogP contribution >= 0.6 is 0 Å². The Morgan fingerprint density at radius 2 is 1.89 bits per heavy atom. The maximum absolute atomic E-state index is 11.7. The number of rotatable bonds is 3. The molecule has 1 aliphatic rings. The van der Waals surface area contributed by atoms with Crippen molar-refractivity contribution in [3.05, 3.63) is 28.8 Å². The maximum Gasteiger partial charge on any atom is 0.314 e. The molecule has 2 rings (SSSR count). The summed E-state index contributed by atoms with van der Waals surface area (Å²) in [6, 6.07) is 3.92. The molecule has 1 aliphatic carbocycles. The van der Waals surface area contributed by atoms with E-state index in [2.05, 4.69) is 0 Å². The van der Waals surface area contributed by atoms with Crippen molar-refractivity contribution in [1.29, 1.82) is 0 Å². The predicted molar refractivity (Wildman–Crippen MR) is 70.2 cm³/mol. The Labute approximate surface area is 108 Å². The van der Waals surface area contributed by atoms with Crippen LogP contribution < -0.4 is 4.74 Å². The number of methoxy groups -OCH3 is 1. The van der Waals surface area contributed by atoms with Crippen LogP contribution in [0.4, 0.5) is 0 Å². The van der Waals surface area contributed by atoms with Crippen molar-refractivity contribution < 1.29 is 14.6 Å². The Balaban J connectivity index is 2.56. The normalized spacial score (nSPS) is 17.7. The van der Waals surface area contributed by atoms with E-state index in [1.807, 2.05) is 26.0 Å². The molecule has 1 fully saturated rings. The molecule has 0 heterocycles. The van der Waals surface area contributed by atoms with Crippen molar-refractivity contribution in [3.8, 4) is 5.75 Å². The van der Waals surface area contributed by atoms with Crippen LogP contribution in [-0.2, 0) is 10.2 Å². The van der Waals surface area contributed by atoms with Crippen molar-refractivity contribution in [2.75, 3.05) is 7.11 Å². The van der Waals surface area contributed by atoms with E-state index in [1.54, 1.807) is 7.11 Å². The van der Waals surface area contributed by atoms with Gasteiger partial charge >= 0.3 is 5.97 Å². The van der Waals surface area contributed by atoms with Crippen LogP contribution in [0.15, 0.2) is 12.1 Å². The highest BCUT2D eigenvalue weighted by molar-refractivity contribution is 5.82. The smallest absolute Gasteiger partial charge is 0.314 e. The largest absolute Gasteiger partial charge is 0.496 e. The van der Waals surface area contributed by atoms with E-state index in [1.165, 1.54) is 0 Å². The molecule has 1 aromatic rings. The van der Waals surface area contributed by atoms with Gasteiger partial charge in [0.05, 0.1) is 12.5 Å². The number of hydrogen-bond acceptors (Lipinski definition) is 2. The lowest BCUT2D eigenvalue weighted by molar-refractivity contribution is -0.143. The number of hydrogen-bond donors (Lipinski definition) is 1. The van der Waals surface area contributed by atoms with E-state index in [9.17, 15) is 9.90 Å². The van der Waals surface area contributed by atoms with Crippen molar-refractivity contribution in [3.63, 3.8) is 0 Å². The Hall–Kier alpha value is -1.51. The second-order valence-corrected chi connectivity index (χ2v) is 5.21. The summed E-state index contributed by atoms with van der Waals surface area (Å²) in [5, 5.41) is 9.60. The summed E-state index contributed by atoms with van der Waals surface area (Å²) in [4.78, 5) is 11.7. The van der Waals surface area contributed by atoms with Gasteiger partial charge in [0.25, 0.3) is 0 Å². The summed E-state index contributed by atoms with van der Waals surface area (Å²) in [6.07, 6.45) is 3.44. The number of carbonyl (C=O) groups is 1. The molecule has 1 saturated carbocycles. The summed E-state index contributed by atoms with van der Waals surface area (Å²) in [5.74, 6) is 0.0860. The van der Waals surface area contributed by atoms with Crippen molar-refractivity contribution in [2.24, 2.45) is 0 Å². The Morgan fingerprint density at radius 1 is 1.28 bits per heavy atom. The van der Waals surface area contributed by atoms with Gasteiger partial charge < -0.3 is 9.84 Å². The van der Waals surface area contributed by atoms with E-state index in [0.29, 0.717) is 0 Å². The van der Waals surface area contributed by atoms with Crippen LogP contribution in [0.2, 0.25) is 0 Å². The molecular formula is C15H20O3. The molecule has 1 aromatic carbocycles. The first-order valence-electron chi connectivity index (χ1n) is 6.40. The fraction of sp³-hybridized carbons (Fsp3) is 0.533.